The van der Waals surface area contributed by atoms with E-state index in [2.05, 4.69) is 13.8 Å². The zero-order valence-corrected chi connectivity index (χ0v) is 8.12. The van der Waals surface area contributed by atoms with Gasteiger partial charge in [0, 0.05) is 6.54 Å². The summed E-state index contributed by atoms with van der Waals surface area (Å²) in [6.07, 6.45) is 1.04. The van der Waals surface area contributed by atoms with E-state index in [0.29, 0.717) is 11.8 Å². The van der Waals surface area contributed by atoms with E-state index in [1.54, 1.807) is 4.90 Å². The number of fused-ring (bicyclic) bond motifs is 1. The zero-order valence-electron chi connectivity index (χ0n) is 8.12. The van der Waals surface area contributed by atoms with Gasteiger partial charge in [-0.05, 0) is 18.3 Å². The molecule has 13 heavy (non-hydrogen) atoms. The molecular formula is C10H15NO2. The van der Waals surface area contributed by atoms with Gasteiger partial charge in [0.2, 0.25) is 5.91 Å². The Hall–Kier alpha value is -0.860. The molecule has 3 heteroatoms. The molecule has 0 radical (unpaired) electrons. The van der Waals surface area contributed by atoms with Crippen LogP contribution < -0.4 is 0 Å². The van der Waals surface area contributed by atoms with Crippen molar-refractivity contribution in [2.45, 2.75) is 32.7 Å². The van der Waals surface area contributed by atoms with Crippen LogP contribution in [-0.4, -0.2) is 29.2 Å². The third-order valence-corrected chi connectivity index (χ3v) is 3.29. The lowest BCUT2D eigenvalue weighted by molar-refractivity contribution is -0.128. The van der Waals surface area contributed by atoms with Gasteiger partial charge in [-0.25, -0.2) is 0 Å². The summed E-state index contributed by atoms with van der Waals surface area (Å²) in [5.41, 5.74) is 0. The second-order valence-corrected chi connectivity index (χ2v) is 4.44. The van der Waals surface area contributed by atoms with Crippen LogP contribution in [0.3, 0.4) is 0 Å². The van der Waals surface area contributed by atoms with E-state index in [1.165, 1.54) is 0 Å². The molecule has 0 aromatic rings. The Bertz CT molecular complexity index is 238. The van der Waals surface area contributed by atoms with Gasteiger partial charge in [-0.2, -0.15) is 0 Å². The van der Waals surface area contributed by atoms with Crippen molar-refractivity contribution in [3.05, 3.63) is 0 Å². The second kappa shape index (κ2) is 2.82. The number of nitrogens with zero attached hydrogens (tertiary/aromatic N) is 1. The number of carbonyl (C=O) groups is 2. The Morgan fingerprint density at radius 2 is 2.08 bits per heavy atom. The minimum Gasteiger partial charge on any atom is -0.332 e. The Morgan fingerprint density at radius 1 is 1.38 bits per heavy atom. The maximum Gasteiger partial charge on any atom is 0.230 e. The normalized spacial score (nSPS) is 33.3. The lowest BCUT2D eigenvalue weighted by atomic mass is 9.92. The van der Waals surface area contributed by atoms with Crippen LogP contribution in [-0.2, 0) is 9.59 Å². The third-order valence-electron chi connectivity index (χ3n) is 3.29. The molecule has 0 saturated carbocycles. The van der Waals surface area contributed by atoms with Gasteiger partial charge in [-0.15, -0.1) is 0 Å². The van der Waals surface area contributed by atoms with E-state index in [1.807, 2.05) is 0 Å². The van der Waals surface area contributed by atoms with Gasteiger partial charge in [0.05, 0.1) is 12.5 Å². The van der Waals surface area contributed by atoms with E-state index in [4.69, 9.17) is 0 Å². The van der Waals surface area contributed by atoms with Gasteiger partial charge in [0.1, 0.15) is 0 Å². The van der Waals surface area contributed by atoms with Crippen LogP contribution in [0.4, 0.5) is 0 Å². The van der Waals surface area contributed by atoms with Gasteiger partial charge >= 0.3 is 0 Å². The number of Topliss-reactive ketones (excluding diaryl/α,β-unsaturated/α-hetero) is 1. The summed E-state index contributed by atoms with van der Waals surface area (Å²) >= 11 is 0. The van der Waals surface area contributed by atoms with Crippen molar-refractivity contribution in [1.82, 2.24) is 4.90 Å². The molecule has 2 atom stereocenters. The van der Waals surface area contributed by atoms with E-state index in [-0.39, 0.29) is 24.2 Å². The van der Waals surface area contributed by atoms with Crippen LogP contribution in [0.25, 0.3) is 0 Å². The number of amides is 1. The van der Waals surface area contributed by atoms with E-state index in [0.717, 1.165) is 13.0 Å². The van der Waals surface area contributed by atoms with Crippen LogP contribution in [0.1, 0.15) is 26.7 Å². The maximum atomic E-state index is 11.4. The highest BCUT2D eigenvalue weighted by Crippen LogP contribution is 2.33. The van der Waals surface area contributed by atoms with Gasteiger partial charge < -0.3 is 4.90 Å². The van der Waals surface area contributed by atoms with Crippen LogP contribution in [0.5, 0.6) is 0 Å². The molecule has 0 aromatic heterocycles. The Kier molecular flexibility index (Phi) is 1.90. The molecule has 2 aliphatic heterocycles. The lowest BCUT2D eigenvalue weighted by Crippen LogP contribution is -2.29. The second-order valence-electron chi connectivity index (χ2n) is 4.44. The molecule has 2 saturated heterocycles. The SMILES string of the molecule is CC(C)[C@@H]1C[C@H]2C(=O)CC(=O)N2C1. The maximum absolute atomic E-state index is 11.4. The molecule has 1 amide bonds. The quantitative estimate of drug-likeness (QED) is 0.562. The lowest BCUT2D eigenvalue weighted by Gasteiger charge is -2.15. The summed E-state index contributed by atoms with van der Waals surface area (Å²) in [5.74, 6) is 1.27. The first kappa shape index (κ1) is 8.73. The fourth-order valence-corrected chi connectivity index (χ4v) is 2.30. The highest BCUT2D eigenvalue weighted by Gasteiger charge is 2.45. The average Bonchev–Trinajstić information content (AvgIpc) is 2.55. The van der Waals surface area contributed by atoms with Gasteiger partial charge in [0.15, 0.2) is 5.78 Å². The summed E-state index contributed by atoms with van der Waals surface area (Å²) in [4.78, 5) is 24.5. The van der Waals surface area contributed by atoms with E-state index in [9.17, 15) is 9.59 Å². The van der Waals surface area contributed by atoms with Crippen LogP contribution in [0.15, 0.2) is 0 Å². The topological polar surface area (TPSA) is 37.4 Å². The Labute approximate surface area is 78.1 Å². The molecule has 0 spiro atoms. The highest BCUT2D eigenvalue weighted by atomic mass is 16.2. The molecule has 2 aliphatic rings. The number of ketones is 1. The first-order chi connectivity index (χ1) is 6.09. The third kappa shape index (κ3) is 1.26. The zero-order chi connectivity index (χ0) is 9.59. The summed E-state index contributed by atoms with van der Waals surface area (Å²) in [6, 6.07) is -0.0695. The van der Waals surface area contributed by atoms with E-state index < -0.39 is 0 Å². The van der Waals surface area contributed by atoms with E-state index >= 15 is 0 Å². The standard InChI is InChI=1S/C10H15NO2/c1-6(2)7-3-8-9(12)4-10(13)11(8)5-7/h6-8H,3-5H2,1-2H3/t7-,8+/m1/s1. The molecule has 2 fully saturated rings. The van der Waals surface area contributed by atoms with Crippen molar-refractivity contribution in [2.75, 3.05) is 6.54 Å². The van der Waals surface area contributed by atoms with Crippen molar-refractivity contribution in [3.63, 3.8) is 0 Å². The molecule has 2 heterocycles. The Morgan fingerprint density at radius 3 is 2.62 bits per heavy atom. The fraction of sp³-hybridized carbons (Fsp3) is 0.800. The highest BCUT2D eigenvalue weighted by molar-refractivity contribution is 6.07. The Balaban J connectivity index is 2.13. The van der Waals surface area contributed by atoms with Crippen molar-refractivity contribution in [1.29, 1.82) is 0 Å². The van der Waals surface area contributed by atoms with Crippen LogP contribution in [0.2, 0.25) is 0 Å². The molecule has 0 aromatic carbocycles. The first-order valence-electron chi connectivity index (χ1n) is 4.91. The molecule has 0 unspecified atom stereocenters. The average molecular weight is 181 g/mol. The largest absolute Gasteiger partial charge is 0.332 e. The first-order valence-corrected chi connectivity index (χ1v) is 4.91. The molecular weight excluding hydrogens is 166 g/mol. The van der Waals surface area contributed by atoms with Crippen LogP contribution in [0, 0.1) is 11.8 Å². The minimum absolute atomic E-state index is 0.0400. The summed E-state index contributed by atoms with van der Waals surface area (Å²) in [5, 5.41) is 0. The minimum atomic E-state index is -0.0695. The monoisotopic (exact) mass is 181 g/mol. The summed E-state index contributed by atoms with van der Waals surface area (Å²) < 4.78 is 0. The van der Waals surface area contributed by atoms with Crippen LogP contribution >= 0.6 is 0 Å². The van der Waals surface area contributed by atoms with Crippen molar-refractivity contribution < 1.29 is 9.59 Å². The predicted molar refractivity (Wildman–Crippen MR) is 48.1 cm³/mol. The summed E-state index contributed by atoms with van der Waals surface area (Å²) in [6.45, 7) is 5.11. The number of rotatable bonds is 1. The van der Waals surface area contributed by atoms with Gasteiger partial charge in [-0.1, -0.05) is 13.8 Å². The number of carbonyl (C=O) groups excluding carboxylic acids is 2. The number of hydrogen-bond acceptors (Lipinski definition) is 2. The molecule has 0 bridgehead atoms. The molecule has 3 nitrogen and oxygen atoms in total. The van der Waals surface area contributed by atoms with Crippen molar-refractivity contribution in [2.24, 2.45) is 11.8 Å². The molecule has 0 aliphatic carbocycles. The number of hydrogen-bond donors (Lipinski definition) is 0. The molecule has 72 valence electrons. The van der Waals surface area contributed by atoms with Crippen molar-refractivity contribution >= 4 is 11.7 Å². The van der Waals surface area contributed by atoms with Gasteiger partial charge in [-0.3, -0.25) is 9.59 Å². The summed E-state index contributed by atoms with van der Waals surface area (Å²) in [7, 11) is 0. The van der Waals surface area contributed by atoms with Crippen molar-refractivity contribution in [3.8, 4) is 0 Å². The predicted octanol–water partition coefficient (Wildman–Crippen LogP) is 0.832. The fourth-order valence-electron chi connectivity index (χ4n) is 2.30. The van der Waals surface area contributed by atoms with Gasteiger partial charge in [0.25, 0.3) is 0 Å². The smallest absolute Gasteiger partial charge is 0.230 e. The molecule has 2 rings (SSSR count). The molecule has 0 N–H and O–H groups in total.